The lowest BCUT2D eigenvalue weighted by Gasteiger charge is -2.32. The monoisotopic (exact) mass is 348 g/mol. The molecular formula is C19H32N4O2. The molecule has 6 nitrogen and oxygen atoms in total. The van der Waals surface area contributed by atoms with Crippen molar-refractivity contribution in [3.63, 3.8) is 0 Å². The van der Waals surface area contributed by atoms with E-state index >= 15 is 0 Å². The predicted molar refractivity (Wildman–Crippen MR) is 95.8 cm³/mol. The quantitative estimate of drug-likeness (QED) is 0.831. The number of amides is 1. The lowest BCUT2D eigenvalue weighted by Crippen LogP contribution is -2.40. The van der Waals surface area contributed by atoms with E-state index in [9.17, 15) is 9.90 Å². The van der Waals surface area contributed by atoms with Gasteiger partial charge in [0.1, 0.15) is 5.69 Å². The normalized spacial score (nSPS) is 21.9. The average molecular weight is 348 g/mol. The van der Waals surface area contributed by atoms with Gasteiger partial charge in [0.15, 0.2) is 0 Å². The van der Waals surface area contributed by atoms with Gasteiger partial charge in [0.05, 0.1) is 12.3 Å². The highest BCUT2D eigenvalue weighted by atomic mass is 16.3. The Bertz CT molecular complexity index is 541. The van der Waals surface area contributed by atoms with Crippen LogP contribution >= 0.6 is 0 Å². The second-order valence-corrected chi connectivity index (χ2v) is 7.93. The van der Waals surface area contributed by atoms with Gasteiger partial charge < -0.3 is 10.0 Å². The third kappa shape index (κ3) is 5.27. The Balaban J connectivity index is 1.42. The third-order valence-electron chi connectivity index (χ3n) is 5.83. The van der Waals surface area contributed by atoms with E-state index in [4.69, 9.17) is 0 Å². The van der Waals surface area contributed by atoms with Crippen LogP contribution in [-0.2, 0) is 11.3 Å². The molecule has 1 aliphatic carbocycles. The van der Waals surface area contributed by atoms with Crippen molar-refractivity contribution >= 4 is 5.91 Å². The first kappa shape index (κ1) is 18.4. The number of carbonyl (C=O) groups is 1. The minimum absolute atomic E-state index is 0.363. The van der Waals surface area contributed by atoms with Gasteiger partial charge in [-0.2, -0.15) is 0 Å². The molecule has 0 radical (unpaired) electrons. The van der Waals surface area contributed by atoms with Gasteiger partial charge in [-0.15, -0.1) is 5.10 Å². The van der Waals surface area contributed by atoms with E-state index in [0.29, 0.717) is 23.4 Å². The molecule has 1 aromatic heterocycles. The summed E-state index contributed by atoms with van der Waals surface area (Å²) < 4.78 is 1.83. The summed E-state index contributed by atoms with van der Waals surface area (Å²) in [7, 11) is 0. The van der Waals surface area contributed by atoms with Crippen LogP contribution in [0.15, 0.2) is 6.20 Å². The summed E-state index contributed by atoms with van der Waals surface area (Å²) in [4.78, 5) is 14.7. The van der Waals surface area contributed by atoms with Crippen LogP contribution in [0.2, 0.25) is 0 Å². The number of hydrogen-bond donors (Lipinski definition) is 1. The smallest absolute Gasteiger partial charge is 0.222 e. The summed E-state index contributed by atoms with van der Waals surface area (Å²) in [5.74, 6) is 1.51. The highest BCUT2D eigenvalue weighted by Crippen LogP contribution is 2.27. The molecule has 140 valence electrons. The first-order chi connectivity index (χ1) is 12.1. The van der Waals surface area contributed by atoms with Gasteiger partial charge in [-0.3, -0.25) is 9.48 Å². The molecule has 0 aromatic carbocycles. The van der Waals surface area contributed by atoms with E-state index in [1.807, 2.05) is 10.9 Å². The number of aliphatic hydroxyl groups excluding tert-OH is 1. The Morgan fingerprint density at radius 1 is 1.16 bits per heavy atom. The van der Waals surface area contributed by atoms with Crippen molar-refractivity contribution in [3.05, 3.63) is 11.9 Å². The summed E-state index contributed by atoms with van der Waals surface area (Å²) in [5.41, 5.74) is 0.621. The largest absolute Gasteiger partial charge is 0.387 e. The molecule has 1 saturated heterocycles. The number of likely N-dealkylation sites (tertiary alicyclic amines) is 1. The molecule has 1 N–H and O–H groups in total. The van der Waals surface area contributed by atoms with Crippen molar-refractivity contribution in [3.8, 4) is 0 Å². The molecule has 2 aliphatic rings. The van der Waals surface area contributed by atoms with E-state index < -0.39 is 6.10 Å². The lowest BCUT2D eigenvalue weighted by molar-refractivity contribution is -0.133. The number of aliphatic hydroxyl groups is 1. The van der Waals surface area contributed by atoms with Gasteiger partial charge in [-0.05, 0) is 44.4 Å². The van der Waals surface area contributed by atoms with Crippen LogP contribution < -0.4 is 0 Å². The molecule has 1 amide bonds. The number of nitrogens with zero attached hydrogens (tertiary/aromatic N) is 4. The van der Waals surface area contributed by atoms with Crippen molar-refractivity contribution in [1.82, 2.24) is 19.9 Å². The molecule has 1 saturated carbocycles. The number of aromatic nitrogens is 3. The fraction of sp³-hybridized carbons (Fsp3) is 0.842. The zero-order valence-corrected chi connectivity index (χ0v) is 15.4. The molecule has 6 heteroatoms. The number of hydrogen-bond acceptors (Lipinski definition) is 4. The minimum atomic E-state index is -0.572. The van der Waals surface area contributed by atoms with Crippen LogP contribution in [0.25, 0.3) is 0 Å². The SMILES string of the molecule is C[C@H](O)c1cn(CC2CCN(C(=O)CC3CCCCCC3)CC2)nn1. The molecule has 2 fully saturated rings. The van der Waals surface area contributed by atoms with Gasteiger partial charge in [-0.1, -0.05) is 30.9 Å². The van der Waals surface area contributed by atoms with Crippen molar-refractivity contribution in [2.45, 2.75) is 77.4 Å². The molecule has 0 spiro atoms. The molecular weight excluding hydrogens is 316 g/mol. The molecule has 2 heterocycles. The molecule has 3 rings (SSSR count). The van der Waals surface area contributed by atoms with Gasteiger partial charge in [0.25, 0.3) is 0 Å². The number of piperidine rings is 1. The van der Waals surface area contributed by atoms with Gasteiger partial charge in [0.2, 0.25) is 5.91 Å². The fourth-order valence-corrected chi connectivity index (χ4v) is 4.17. The van der Waals surface area contributed by atoms with Crippen LogP contribution in [0.4, 0.5) is 0 Å². The van der Waals surface area contributed by atoms with Crippen molar-refractivity contribution in [1.29, 1.82) is 0 Å². The maximum Gasteiger partial charge on any atom is 0.222 e. The minimum Gasteiger partial charge on any atom is -0.387 e. The highest BCUT2D eigenvalue weighted by molar-refractivity contribution is 5.76. The summed E-state index contributed by atoms with van der Waals surface area (Å²) in [6.07, 6.45) is 11.8. The maximum atomic E-state index is 12.6. The van der Waals surface area contributed by atoms with Crippen molar-refractivity contribution in [2.24, 2.45) is 11.8 Å². The zero-order chi connectivity index (χ0) is 17.6. The van der Waals surface area contributed by atoms with Crippen LogP contribution in [0.3, 0.4) is 0 Å². The molecule has 1 aromatic rings. The van der Waals surface area contributed by atoms with E-state index in [2.05, 4.69) is 15.2 Å². The standard InChI is InChI=1S/C19H32N4O2/c1-15(24)18-14-23(21-20-18)13-17-8-10-22(11-9-17)19(25)12-16-6-4-2-3-5-7-16/h14-17,24H,2-13H2,1H3/t15-/m0/s1. The van der Waals surface area contributed by atoms with Crippen molar-refractivity contribution < 1.29 is 9.90 Å². The Labute approximate surface area is 150 Å². The first-order valence-electron chi connectivity index (χ1n) is 9.97. The summed E-state index contributed by atoms with van der Waals surface area (Å²) in [6, 6.07) is 0. The molecule has 25 heavy (non-hydrogen) atoms. The first-order valence-corrected chi connectivity index (χ1v) is 9.97. The Hall–Kier alpha value is -1.43. The van der Waals surface area contributed by atoms with Gasteiger partial charge in [-0.25, -0.2) is 0 Å². The number of rotatable bonds is 5. The highest BCUT2D eigenvalue weighted by Gasteiger charge is 2.25. The fourth-order valence-electron chi connectivity index (χ4n) is 4.17. The summed E-state index contributed by atoms with van der Waals surface area (Å²) in [6.45, 7) is 4.26. The molecule has 1 aliphatic heterocycles. The topological polar surface area (TPSA) is 71.2 Å². The second kappa shape index (κ2) is 8.79. The Morgan fingerprint density at radius 2 is 1.84 bits per heavy atom. The van der Waals surface area contributed by atoms with Crippen LogP contribution in [-0.4, -0.2) is 44.0 Å². The third-order valence-corrected chi connectivity index (χ3v) is 5.83. The van der Waals surface area contributed by atoms with E-state index in [1.165, 1.54) is 38.5 Å². The van der Waals surface area contributed by atoms with Crippen molar-refractivity contribution in [2.75, 3.05) is 13.1 Å². The second-order valence-electron chi connectivity index (χ2n) is 7.93. The Kier molecular flexibility index (Phi) is 6.45. The predicted octanol–water partition coefficient (Wildman–Crippen LogP) is 2.93. The number of carbonyl (C=O) groups excluding carboxylic acids is 1. The molecule has 0 unspecified atom stereocenters. The summed E-state index contributed by atoms with van der Waals surface area (Å²) >= 11 is 0. The maximum absolute atomic E-state index is 12.6. The van der Waals surface area contributed by atoms with Crippen LogP contribution in [0.5, 0.6) is 0 Å². The van der Waals surface area contributed by atoms with Gasteiger partial charge >= 0.3 is 0 Å². The average Bonchev–Trinajstić information content (AvgIpc) is 2.92. The van der Waals surface area contributed by atoms with Crippen LogP contribution in [0, 0.1) is 11.8 Å². The zero-order valence-electron chi connectivity index (χ0n) is 15.4. The molecule has 0 bridgehead atoms. The van der Waals surface area contributed by atoms with Crippen LogP contribution in [0.1, 0.15) is 76.5 Å². The van der Waals surface area contributed by atoms with E-state index in [1.54, 1.807) is 6.92 Å². The molecule has 1 atom stereocenters. The Morgan fingerprint density at radius 3 is 2.44 bits per heavy atom. The van der Waals surface area contributed by atoms with Gasteiger partial charge in [0, 0.05) is 26.1 Å². The van der Waals surface area contributed by atoms with E-state index in [-0.39, 0.29) is 0 Å². The summed E-state index contributed by atoms with van der Waals surface area (Å²) in [5, 5.41) is 17.6. The van der Waals surface area contributed by atoms with E-state index in [0.717, 1.165) is 38.9 Å². The lowest BCUT2D eigenvalue weighted by atomic mass is 9.93.